The molecule has 8 unspecified atom stereocenters. The van der Waals surface area contributed by atoms with Crippen molar-refractivity contribution in [1.82, 2.24) is 0 Å². The van der Waals surface area contributed by atoms with Crippen LogP contribution in [0.1, 0.15) is 55.4 Å². The van der Waals surface area contributed by atoms with Gasteiger partial charge < -0.3 is 0 Å². The van der Waals surface area contributed by atoms with Gasteiger partial charge in [-0.2, -0.15) is 0 Å². The molecule has 0 aliphatic heterocycles. The summed E-state index contributed by atoms with van der Waals surface area (Å²) in [6, 6.07) is 0. The third-order valence-electron chi connectivity index (χ3n) is 7.71. The van der Waals surface area contributed by atoms with Crippen molar-refractivity contribution >= 4 is 5.78 Å². The summed E-state index contributed by atoms with van der Waals surface area (Å²) < 4.78 is 0. The van der Waals surface area contributed by atoms with Gasteiger partial charge in [-0.3, -0.25) is 4.79 Å². The van der Waals surface area contributed by atoms with Gasteiger partial charge in [0.15, 0.2) is 0 Å². The zero-order chi connectivity index (χ0) is 14.7. The van der Waals surface area contributed by atoms with Crippen LogP contribution in [0.15, 0.2) is 0 Å². The van der Waals surface area contributed by atoms with Crippen molar-refractivity contribution in [3.8, 4) is 0 Å². The van der Waals surface area contributed by atoms with E-state index in [0.29, 0.717) is 23.0 Å². The fourth-order valence-corrected chi connectivity index (χ4v) is 5.35. The van der Waals surface area contributed by atoms with E-state index in [9.17, 15) is 4.79 Å². The van der Waals surface area contributed by atoms with Crippen molar-refractivity contribution in [3.05, 3.63) is 0 Å². The number of carbonyl (C=O) groups is 1. The van der Waals surface area contributed by atoms with Crippen LogP contribution in [-0.4, -0.2) is 5.78 Å². The first-order valence-corrected chi connectivity index (χ1v) is 8.16. The molecular formula is C18H32O. The molecule has 8 atom stereocenters. The second kappa shape index (κ2) is 4.60. The monoisotopic (exact) mass is 264 g/mol. The van der Waals surface area contributed by atoms with E-state index in [4.69, 9.17) is 0 Å². The third kappa shape index (κ3) is 1.91. The molecule has 2 saturated carbocycles. The van der Waals surface area contributed by atoms with Gasteiger partial charge in [-0.15, -0.1) is 0 Å². The number of Topliss-reactive ketones (excluding diaryl/α,β-unsaturated/α-hetero) is 1. The van der Waals surface area contributed by atoms with Crippen LogP contribution < -0.4 is 0 Å². The summed E-state index contributed by atoms with van der Waals surface area (Å²) in [5, 5.41) is 0. The largest absolute Gasteiger partial charge is 0.300 e. The first-order valence-electron chi connectivity index (χ1n) is 8.16. The quantitative estimate of drug-likeness (QED) is 0.706. The predicted molar refractivity (Wildman–Crippen MR) is 80.8 cm³/mol. The Morgan fingerprint density at radius 2 is 1.37 bits per heavy atom. The van der Waals surface area contributed by atoms with Gasteiger partial charge in [-0.25, -0.2) is 0 Å². The second-order valence-electron chi connectivity index (χ2n) is 8.04. The van der Waals surface area contributed by atoms with E-state index in [1.807, 2.05) is 0 Å². The van der Waals surface area contributed by atoms with Gasteiger partial charge in [-0.1, -0.05) is 48.5 Å². The lowest BCUT2D eigenvalue weighted by atomic mass is 9.71. The Kier molecular flexibility index (Phi) is 3.65. The summed E-state index contributed by atoms with van der Waals surface area (Å²) >= 11 is 0. The normalized spacial score (nSPS) is 46.5. The smallest absolute Gasteiger partial charge is 0.132 e. The summed E-state index contributed by atoms with van der Waals surface area (Å²) in [7, 11) is 0. The number of carbonyl (C=O) groups excluding carboxylic acids is 1. The molecule has 0 bridgehead atoms. The Bertz CT molecular complexity index is 358. The summed E-state index contributed by atoms with van der Waals surface area (Å²) in [4.78, 5) is 11.6. The lowest BCUT2D eigenvalue weighted by Gasteiger charge is -2.34. The van der Waals surface area contributed by atoms with E-state index in [1.54, 1.807) is 6.92 Å². The van der Waals surface area contributed by atoms with Gasteiger partial charge in [0, 0.05) is 5.92 Å². The lowest BCUT2D eigenvalue weighted by Crippen LogP contribution is -2.30. The summed E-state index contributed by atoms with van der Waals surface area (Å²) in [5.74, 6) is 6.13. The molecule has 1 nitrogen and oxygen atoms in total. The van der Waals surface area contributed by atoms with Gasteiger partial charge in [-0.05, 0) is 53.8 Å². The van der Waals surface area contributed by atoms with Gasteiger partial charge in [0.25, 0.3) is 0 Å². The van der Waals surface area contributed by atoms with Crippen LogP contribution in [0.4, 0.5) is 0 Å². The van der Waals surface area contributed by atoms with E-state index >= 15 is 0 Å². The maximum Gasteiger partial charge on any atom is 0.132 e. The molecule has 2 rings (SSSR count). The van der Waals surface area contributed by atoms with E-state index in [-0.39, 0.29) is 5.92 Å². The molecule has 0 heterocycles. The van der Waals surface area contributed by atoms with Gasteiger partial charge in [0.2, 0.25) is 0 Å². The molecular weight excluding hydrogens is 232 g/mol. The van der Waals surface area contributed by atoms with Crippen molar-refractivity contribution in [2.24, 2.45) is 52.8 Å². The van der Waals surface area contributed by atoms with Crippen LogP contribution >= 0.6 is 0 Å². The molecule has 2 fully saturated rings. The van der Waals surface area contributed by atoms with E-state index in [0.717, 1.165) is 29.6 Å². The summed E-state index contributed by atoms with van der Waals surface area (Å²) in [6.45, 7) is 18.3. The minimum atomic E-state index is 0.201. The van der Waals surface area contributed by atoms with E-state index in [2.05, 4.69) is 48.5 Å². The Morgan fingerprint density at radius 3 is 1.74 bits per heavy atom. The number of hydrogen-bond donors (Lipinski definition) is 0. The van der Waals surface area contributed by atoms with Crippen LogP contribution in [-0.2, 0) is 4.79 Å². The second-order valence-corrected chi connectivity index (χ2v) is 8.04. The molecule has 0 spiro atoms. The van der Waals surface area contributed by atoms with E-state index in [1.165, 1.54) is 0 Å². The van der Waals surface area contributed by atoms with Crippen molar-refractivity contribution in [1.29, 1.82) is 0 Å². The Labute approximate surface area is 119 Å². The summed E-state index contributed by atoms with van der Waals surface area (Å²) in [6.07, 6.45) is 0. The van der Waals surface area contributed by atoms with Crippen LogP contribution in [0.5, 0.6) is 0 Å². The number of rotatable bonds is 5. The molecule has 2 aliphatic rings. The van der Waals surface area contributed by atoms with Gasteiger partial charge >= 0.3 is 0 Å². The number of hydrogen-bond acceptors (Lipinski definition) is 1. The average Bonchev–Trinajstić information content (AvgIpc) is 2.97. The molecule has 0 aromatic heterocycles. The average molecular weight is 264 g/mol. The van der Waals surface area contributed by atoms with Crippen LogP contribution in [0.2, 0.25) is 0 Å². The van der Waals surface area contributed by atoms with Crippen molar-refractivity contribution in [2.45, 2.75) is 55.4 Å². The third-order valence-corrected chi connectivity index (χ3v) is 7.71. The Balaban J connectivity index is 2.05. The fraction of sp³-hybridized carbons (Fsp3) is 0.944. The lowest BCUT2D eigenvalue weighted by molar-refractivity contribution is -0.122. The predicted octanol–water partition coefficient (Wildman–Crippen LogP) is 4.66. The maximum atomic E-state index is 11.6. The fourth-order valence-electron chi connectivity index (χ4n) is 5.35. The molecule has 110 valence electrons. The molecule has 0 radical (unpaired) electrons. The SMILES string of the molecule is CC(=O)C(C)C(C)C(C)C(C)C1(C)C2C(C)C(C)C21. The van der Waals surface area contributed by atoms with Crippen molar-refractivity contribution < 1.29 is 4.79 Å². The molecule has 19 heavy (non-hydrogen) atoms. The molecule has 0 amide bonds. The van der Waals surface area contributed by atoms with Crippen molar-refractivity contribution in [3.63, 3.8) is 0 Å². The molecule has 0 saturated heterocycles. The first-order chi connectivity index (χ1) is 8.65. The number of fused-ring (bicyclic) bond motifs is 1. The van der Waals surface area contributed by atoms with Crippen molar-refractivity contribution in [2.75, 3.05) is 0 Å². The first kappa shape index (κ1) is 15.1. The Morgan fingerprint density at radius 1 is 0.947 bits per heavy atom. The highest BCUT2D eigenvalue weighted by Gasteiger charge is 2.75. The highest BCUT2D eigenvalue weighted by Crippen LogP contribution is 2.79. The molecule has 2 aliphatic carbocycles. The van der Waals surface area contributed by atoms with Gasteiger partial charge in [0.1, 0.15) is 5.78 Å². The van der Waals surface area contributed by atoms with E-state index < -0.39 is 0 Å². The maximum absolute atomic E-state index is 11.6. The molecule has 1 heteroatoms. The standard InChI is InChI=1S/C18H32O/c1-9(11(3)15(7)19)10(2)14(6)18(8)16-12(4)13(5)17(16)18/h9-14,16-17H,1-8H3. The molecule has 0 aromatic rings. The summed E-state index contributed by atoms with van der Waals surface area (Å²) in [5.41, 5.74) is 0.545. The van der Waals surface area contributed by atoms with Crippen LogP contribution in [0, 0.1) is 52.8 Å². The number of ketones is 1. The highest BCUT2D eigenvalue weighted by molar-refractivity contribution is 5.78. The zero-order valence-corrected chi connectivity index (χ0v) is 14.0. The minimum Gasteiger partial charge on any atom is -0.300 e. The highest BCUT2D eigenvalue weighted by atomic mass is 16.1. The molecule has 0 N–H and O–H groups in total. The molecule has 0 aromatic carbocycles. The topological polar surface area (TPSA) is 17.1 Å². The zero-order valence-electron chi connectivity index (χ0n) is 14.0. The van der Waals surface area contributed by atoms with Crippen LogP contribution in [0.25, 0.3) is 0 Å². The van der Waals surface area contributed by atoms with Gasteiger partial charge in [0.05, 0.1) is 0 Å². The van der Waals surface area contributed by atoms with Crippen LogP contribution in [0.3, 0.4) is 0 Å². The Hall–Kier alpha value is -0.330. The minimum absolute atomic E-state index is 0.201.